The summed E-state index contributed by atoms with van der Waals surface area (Å²) >= 11 is 0. The zero-order chi connectivity index (χ0) is 28.4. The maximum Gasteiger partial charge on any atom is 0.328 e. The third-order valence-corrected chi connectivity index (χ3v) is 4.04. The zero-order valence-electron chi connectivity index (χ0n) is 19.5. The number of aliphatic hydroxyl groups is 2. The largest absolute Gasteiger partial charge is 0.480 e. The van der Waals surface area contributed by atoms with Crippen LogP contribution in [0.4, 0.5) is 0 Å². The van der Waals surface area contributed by atoms with Gasteiger partial charge in [0.15, 0.2) is 0 Å². The number of hydrogen-bond acceptors (Lipinski definition) is 11. The van der Waals surface area contributed by atoms with Crippen LogP contribution in [0.3, 0.4) is 0 Å². The van der Waals surface area contributed by atoms with Crippen molar-refractivity contribution in [1.82, 2.24) is 37.2 Å². The molecule has 0 saturated carbocycles. The molecule has 0 unspecified atom stereocenters. The number of hydrogen-bond donors (Lipinski definition) is 11. The van der Waals surface area contributed by atoms with Gasteiger partial charge in [0.2, 0.25) is 41.4 Å². The summed E-state index contributed by atoms with van der Waals surface area (Å²) in [7, 11) is 0. The van der Waals surface area contributed by atoms with Gasteiger partial charge in [0.05, 0.1) is 52.5 Å². The number of amides is 7. The minimum absolute atomic E-state index is 0.348. The molecule has 0 rings (SSSR count). The van der Waals surface area contributed by atoms with Crippen molar-refractivity contribution in [3.8, 4) is 0 Å². The van der Waals surface area contributed by atoms with Gasteiger partial charge in [-0.25, -0.2) is 4.79 Å². The van der Waals surface area contributed by atoms with Crippen LogP contribution in [0.25, 0.3) is 0 Å². The lowest BCUT2D eigenvalue weighted by Gasteiger charge is -2.16. The van der Waals surface area contributed by atoms with E-state index in [1.807, 2.05) is 5.32 Å². The molecule has 19 nitrogen and oxygen atoms in total. The standard InChI is InChI=1S/C18H30N8O11/c19-1-11(29)20-5-15(33)25-9(7-27)17(35)24-4-14(32)22-2-12(30)21-3-13(31)23-6-16(34)26-10(8-28)18(36)37/h9-10,27-28H,1-8,19H2,(H,20,29)(H,21,30)(H,22,32)(H,23,31)(H,24,35)(H,25,33)(H,26,34)(H,36,37)/t9-,10-/m0/s1. The first-order valence-corrected chi connectivity index (χ1v) is 10.5. The topological polar surface area (TPSA) is 307 Å². The number of rotatable bonds is 17. The number of nitrogens with one attached hydrogen (secondary N) is 7. The minimum atomic E-state index is -1.54. The fourth-order valence-electron chi connectivity index (χ4n) is 2.14. The SMILES string of the molecule is NCC(=O)NCC(=O)N[C@@H](CO)C(=O)NCC(=O)NCC(=O)NCC(=O)NCC(=O)N[C@@H](CO)C(=O)O. The van der Waals surface area contributed by atoms with Crippen LogP contribution in [0.5, 0.6) is 0 Å². The van der Waals surface area contributed by atoms with Crippen LogP contribution < -0.4 is 43.0 Å². The Bertz CT molecular complexity index is 867. The molecule has 0 aromatic carbocycles. The van der Waals surface area contributed by atoms with Crippen LogP contribution in [0.1, 0.15) is 0 Å². The summed E-state index contributed by atoms with van der Waals surface area (Å²) < 4.78 is 0. The summed E-state index contributed by atoms with van der Waals surface area (Å²) in [6, 6.07) is -2.96. The molecule has 0 radical (unpaired) electrons. The second-order valence-electron chi connectivity index (χ2n) is 6.97. The van der Waals surface area contributed by atoms with Gasteiger partial charge >= 0.3 is 5.97 Å². The number of carbonyl (C=O) groups is 8. The Morgan fingerprint density at radius 3 is 1.27 bits per heavy atom. The van der Waals surface area contributed by atoms with E-state index in [0.29, 0.717) is 0 Å². The van der Waals surface area contributed by atoms with Gasteiger partial charge in [-0.1, -0.05) is 0 Å². The molecule has 0 aromatic rings. The summed E-state index contributed by atoms with van der Waals surface area (Å²) in [4.78, 5) is 92.0. The predicted octanol–water partition coefficient (Wildman–Crippen LogP) is -8.44. The van der Waals surface area contributed by atoms with E-state index in [1.54, 1.807) is 0 Å². The Morgan fingerprint density at radius 1 is 0.541 bits per heavy atom. The zero-order valence-corrected chi connectivity index (χ0v) is 19.5. The lowest BCUT2D eigenvalue weighted by atomic mass is 10.3. The molecule has 7 amide bonds. The Hall–Kier alpha value is -4.36. The fourth-order valence-corrected chi connectivity index (χ4v) is 2.14. The average Bonchev–Trinajstić information content (AvgIpc) is 2.87. The van der Waals surface area contributed by atoms with Crippen LogP contribution in [-0.4, -0.2) is 127 Å². The quantitative estimate of drug-likeness (QED) is 0.0829. The number of aliphatic carboxylic acids is 1. The maximum atomic E-state index is 12.0. The highest BCUT2D eigenvalue weighted by Gasteiger charge is 2.21. The summed E-state index contributed by atoms with van der Waals surface area (Å²) in [5.74, 6) is -7.12. The van der Waals surface area contributed by atoms with Crippen molar-refractivity contribution in [3.05, 3.63) is 0 Å². The molecule has 0 spiro atoms. The van der Waals surface area contributed by atoms with Gasteiger partial charge in [0.25, 0.3) is 0 Å². The van der Waals surface area contributed by atoms with Gasteiger partial charge in [-0.2, -0.15) is 0 Å². The average molecular weight is 534 g/mol. The van der Waals surface area contributed by atoms with Crippen LogP contribution in [0.2, 0.25) is 0 Å². The van der Waals surface area contributed by atoms with Crippen molar-refractivity contribution in [3.63, 3.8) is 0 Å². The molecule has 12 N–H and O–H groups in total. The highest BCUT2D eigenvalue weighted by Crippen LogP contribution is 1.84. The molecular weight excluding hydrogens is 504 g/mol. The van der Waals surface area contributed by atoms with Crippen molar-refractivity contribution in [2.24, 2.45) is 5.73 Å². The molecule has 208 valence electrons. The number of aliphatic hydroxyl groups excluding tert-OH is 2. The third-order valence-electron chi connectivity index (χ3n) is 4.04. The first-order chi connectivity index (χ1) is 17.4. The second-order valence-corrected chi connectivity index (χ2v) is 6.97. The van der Waals surface area contributed by atoms with Gasteiger partial charge < -0.3 is 58.3 Å². The van der Waals surface area contributed by atoms with Gasteiger partial charge in [-0.05, 0) is 0 Å². The maximum absolute atomic E-state index is 12.0. The van der Waals surface area contributed by atoms with Crippen LogP contribution in [-0.2, 0) is 38.4 Å². The van der Waals surface area contributed by atoms with E-state index in [1.165, 1.54) is 0 Å². The monoisotopic (exact) mass is 534 g/mol. The lowest BCUT2D eigenvalue weighted by molar-refractivity contribution is -0.142. The molecule has 0 fully saturated rings. The molecular formula is C18H30N8O11. The first kappa shape index (κ1) is 32.6. The molecule has 19 heteroatoms. The third kappa shape index (κ3) is 15.3. The van der Waals surface area contributed by atoms with Crippen LogP contribution in [0, 0.1) is 0 Å². The fraction of sp³-hybridized carbons (Fsp3) is 0.556. The first-order valence-electron chi connectivity index (χ1n) is 10.5. The molecule has 0 aliphatic carbocycles. The second kappa shape index (κ2) is 18.0. The van der Waals surface area contributed by atoms with E-state index in [4.69, 9.17) is 15.9 Å². The Labute approximate surface area is 209 Å². The molecule has 0 aromatic heterocycles. The molecule has 0 bridgehead atoms. The lowest BCUT2D eigenvalue weighted by Crippen LogP contribution is -2.53. The van der Waals surface area contributed by atoms with Gasteiger partial charge in [0.1, 0.15) is 12.1 Å². The highest BCUT2D eigenvalue weighted by molar-refractivity contribution is 5.93. The van der Waals surface area contributed by atoms with Crippen molar-refractivity contribution >= 4 is 47.3 Å². The highest BCUT2D eigenvalue weighted by atomic mass is 16.4. The molecule has 0 aliphatic rings. The van der Waals surface area contributed by atoms with Crippen LogP contribution >= 0.6 is 0 Å². The summed E-state index contributed by atoms with van der Waals surface area (Å²) in [6.07, 6.45) is 0. The van der Waals surface area contributed by atoms with Crippen molar-refractivity contribution < 1.29 is 53.7 Å². The molecule has 0 saturated heterocycles. The number of carbonyl (C=O) groups excluding carboxylic acids is 7. The van der Waals surface area contributed by atoms with E-state index in [9.17, 15) is 43.5 Å². The minimum Gasteiger partial charge on any atom is -0.480 e. The van der Waals surface area contributed by atoms with Crippen LogP contribution in [0.15, 0.2) is 0 Å². The van der Waals surface area contributed by atoms with E-state index >= 15 is 0 Å². The molecule has 2 atom stereocenters. The summed E-state index contributed by atoms with van der Waals surface area (Å²) in [5.41, 5.74) is 5.06. The van der Waals surface area contributed by atoms with Gasteiger partial charge in [-0.3, -0.25) is 33.6 Å². The summed E-state index contributed by atoms with van der Waals surface area (Å²) in [5, 5.41) is 41.5. The van der Waals surface area contributed by atoms with E-state index < -0.39 is 105 Å². The Kier molecular flexibility index (Phi) is 15.9. The van der Waals surface area contributed by atoms with E-state index in [0.717, 1.165) is 0 Å². The van der Waals surface area contributed by atoms with Crippen molar-refractivity contribution in [2.45, 2.75) is 12.1 Å². The summed E-state index contributed by atoms with van der Waals surface area (Å²) in [6.45, 7) is -4.90. The number of nitrogens with two attached hydrogens (primary N) is 1. The molecule has 0 heterocycles. The smallest absolute Gasteiger partial charge is 0.328 e. The molecule has 37 heavy (non-hydrogen) atoms. The van der Waals surface area contributed by atoms with E-state index in [-0.39, 0.29) is 6.54 Å². The number of carboxylic acid groups (broad SMARTS) is 1. The Balaban J connectivity index is 4.21. The predicted molar refractivity (Wildman–Crippen MR) is 120 cm³/mol. The number of carboxylic acids is 1. The molecule has 0 aliphatic heterocycles. The van der Waals surface area contributed by atoms with Crippen molar-refractivity contribution in [1.29, 1.82) is 0 Å². The van der Waals surface area contributed by atoms with E-state index in [2.05, 4.69) is 31.9 Å². The van der Waals surface area contributed by atoms with Gasteiger partial charge in [-0.15, -0.1) is 0 Å². The van der Waals surface area contributed by atoms with Gasteiger partial charge in [0, 0.05) is 0 Å². The Morgan fingerprint density at radius 2 is 0.892 bits per heavy atom. The normalized spacial score (nSPS) is 11.6. The van der Waals surface area contributed by atoms with Crippen molar-refractivity contribution in [2.75, 3.05) is 52.5 Å².